The third-order valence-corrected chi connectivity index (χ3v) is 5.59. The Hall–Kier alpha value is -0.910. The van der Waals surface area contributed by atoms with Gasteiger partial charge in [-0.25, -0.2) is 5.43 Å². The van der Waals surface area contributed by atoms with Crippen LogP contribution in [0.2, 0.25) is 0 Å². The third kappa shape index (κ3) is 2.62. The predicted octanol–water partition coefficient (Wildman–Crippen LogP) is 3.57. The Morgan fingerprint density at radius 3 is 2.80 bits per heavy atom. The number of hydrogen-bond donors (Lipinski definition) is 1. The van der Waals surface area contributed by atoms with E-state index >= 15 is 0 Å². The second-order valence-electron chi connectivity index (χ2n) is 6.12. The molecular formula is C16H19IN2O. The highest BCUT2D eigenvalue weighted by atomic mass is 127. The molecule has 4 heteroatoms. The third-order valence-electron chi connectivity index (χ3n) is 4.87. The Balaban J connectivity index is 1.56. The summed E-state index contributed by atoms with van der Waals surface area (Å²) in [6.45, 7) is 2.25. The van der Waals surface area contributed by atoms with Crippen LogP contribution in [-0.2, 0) is 4.79 Å². The zero-order valence-corrected chi connectivity index (χ0v) is 13.8. The van der Waals surface area contributed by atoms with Crippen LogP contribution >= 0.6 is 22.6 Å². The van der Waals surface area contributed by atoms with Gasteiger partial charge in [-0.05, 0) is 64.5 Å². The number of hydrazone groups is 1. The molecule has 3 nitrogen and oxygen atoms in total. The van der Waals surface area contributed by atoms with E-state index in [0.717, 1.165) is 5.56 Å². The molecule has 0 aromatic heterocycles. The van der Waals surface area contributed by atoms with Crippen LogP contribution in [0, 0.1) is 20.8 Å². The van der Waals surface area contributed by atoms with Gasteiger partial charge in [0.25, 0.3) is 0 Å². The van der Waals surface area contributed by atoms with Gasteiger partial charge < -0.3 is 0 Å². The number of nitrogens with one attached hydrogen (secondary N) is 1. The van der Waals surface area contributed by atoms with E-state index < -0.39 is 0 Å². The summed E-state index contributed by atoms with van der Waals surface area (Å²) >= 11 is 2.27. The Morgan fingerprint density at radius 1 is 1.40 bits per heavy atom. The molecule has 3 rings (SSSR count). The summed E-state index contributed by atoms with van der Waals surface area (Å²) in [4.78, 5) is 12.2. The number of carbonyl (C=O) groups excluding carboxylic acids is 1. The predicted molar refractivity (Wildman–Crippen MR) is 88.5 cm³/mol. The largest absolute Gasteiger partial charge is 0.273 e. The van der Waals surface area contributed by atoms with Gasteiger partial charge in [-0.2, -0.15) is 5.10 Å². The van der Waals surface area contributed by atoms with Gasteiger partial charge in [-0.1, -0.05) is 31.9 Å². The van der Waals surface area contributed by atoms with E-state index in [-0.39, 0.29) is 17.2 Å². The van der Waals surface area contributed by atoms with Gasteiger partial charge in [0.05, 0.1) is 6.21 Å². The van der Waals surface area contributed by atoms with Gasteiger partial charge in [0.15, 0.2) is 0 Å². The first-order valence-corrected chi connectivity index (χ1v) is 8.27. The standard InChI is InChI=1S/C16H19IN2O/c1-16-9-3-2-4-13(16)14(16)15(20)19-18-10-11-5-7-12(17)8-6-11/h5-8,10,13-14H,2-4,9H2,1H3,(H,19,20)/b18-10-/t13-,14-,16-/m0/s1. The maximum atomic E-state index is 12.2. The van der Waals surface area contributed by atoms with Crippen molar-refractivity contribution in [2.45, 2.75) is 32.6 Å². The number of nitrogens with zero attached hydrogens (tertiary/aromatic N) is 1. The van der Waals surface area contributed by atoms with Gasteiger partial charge in [0, 0.05) is 9.49 Å². The lowest BCUT2D eigenvalue weighted by Crippen LogP contribution is -2.22. The maximum Gasteiger partial charge on any atom is 0.244 e. The van der Waals surface area contributed by atoms with Gasteiger partial charge in [-0.15, -0.1) is 0 Å². The summed E-state index contributed by atoms with van der Waals surface area (Å²) in [5.74, 6) is 0.866. The molecule has 2 saturated carbocycles. The van der Waals surface area contributed by atoms with E-state index in [0.29, 0.717) is 5.92 Å². The van der Waals surface area contributed by atoms with Crippen molar-refractivity contribution in [3.63, 3.8) is 0 Å². The van der Waals surface area contributed by atoms with Gasteiger partial charge in [0.2, 0.25) is 5.91 Å². The minimum Gasteiger partial charge on any atom is -0.273 e. The van der Waals surface area contributed by atoms with Crippen molar-refractivity contribution in [2.24, 2.45) is 22.4 Å². The molecule has 0 saturated heterocycles. The highest BCUT2D eigenvalue weighted by Gasteiger charge is 2.64. The maximum absolute atomic E-state index is 12.2. The first-order valence-electron chi connectivity index (χ1n) is 7.20. The molecule has 2 fully saturated rings. The molecule has 2 aliphatic carbocycles. The number of halogens is 1. The number of amides is 1. The summed E-state index contributed by atoms with van der Waals surface area (Å²) in [6.07, 6.45) is 6.65. The molecule has 0 aliphatic heterocycles. The van der Waals surface area contributed by atoms with E-state index in [4.69, 9.17) is 0 Å². The fourth-order valence-corrected chi connectivity index (χ4v) is 4.00. The lowest BCUT2D eigenvalue weighted by molar-refractivity contribution is -0.123. The van der Waals surface area contributed by atoms with E-state index in [2.05, 4.69) is 40.0 Å². The van der Waals surface area contributed by atoms with Crippen molar-refractivity contribution < 1.29 is 4.79 Å². The topological polar surface area (TPSA) is 41.5 Å². The average Bonchev–Trinajstić information content (AvgIpc) is 3.06. The van der Waals surface area contributed by atoms with E-state index in [1.165, 1.54) is 29.3 Å². The minimum atomic E-state index is 0.0983. The first-order chi connectivity index (χ1) is 9.61. The van der Waals surface area contributed by atoms with Crippen molar-refractivity contribution in [1.29, 1.82) is 0 Å². The molecule has 0 unspecified atom stereocenters. The van der Waals surface area contributed by atoms with Gasteiger partial charge in [0.1, 0.15) is 0 Å². The van der Waals surface area contributed by atoms with Crippen LogP contribution < -0.4 is 5.43 Å². The van der Waals surface area contributed by atoms with Gasteiger partial charge in [-0.3, -0.25) is 4.79 Å². The molecular weight excluding hydrogens is 363 g/mol. The minimum absolute atomic E-state index is 0.0983. The lowest BCUT2D eigenvalue weighted by atomic mass is 9.90. The molecule has 0 bridgehead atoms. The summed E-state index contributed by atoms with van der Waals surface area (Å²) in [7, 11) is 0. The van der Waals surface area contributed by atoms with Crippen LogP contribution in [-0.4, -0.2) is 12.1 Å². The SMILES string of the molecule is C[C@]12CCCC[C@H]1[C@H]2C(=O)N/N=C\c1ccc(I)cc1. The Bertz CT molecular complexity index is 540. The lowest BCUT2D eigenvalue weighted by Gasteiger charge is -2.15. The average molecular weight is 382 g/mol. The zero-order chi connectivity index (χ0) is 14.2. The Labute approximate surface area is 133 Å². The fraction of sp³-hybridized carbons (Fsp3) is 0.500. The Morgan fingerprint density at radius 2 is 2.15 bits per heavy atom. The van der Waals surface area contributed by atoms with E-state index in [1.54, 1.807) is 6.21 Å². The van der Waals surface area contributed by atoms with Crippen LogP contribution in [0.1, 0.15) is 38.2 Å². The second kappa shape index (κ2) is 5.47. The molecule has 2 aliphatic rings. The number of benzene rings is 1. The molecule has 1 amide bonds. The summed E-state index contributed by atoms with van der Waals surface area (Å²) in [5.41, 5.74) is 3.97. The number of hydrogen-bond acceptors (Lipinski definition) is 2. The zero-order valence-electron chi connectivity index (χ0n) is 11.6. The van der Waals surface area contributed by atoms with E-state index in [1.807, 2.05) is 24.3 Å². The highest BCUT2D eigenvalue weighted by molar-refractivity contribution is 14.1. The summed E-state index contributed by atoms with van der Waals surface area (Å²) in [5, 5.41) is 4.09. The van der Waals surface area contributed by atoms with Crippen LogP contribution in [0.15, 0.2) is 29.4 Å². The molecule has 0 heterocycles. The van der Waals surface area contributed by atoms with Gasteiger partial charge >= 0.3 is 0 Å². The summed E-state index contributed by atoms with van der Waals surface area (Å²) in [6, 6.07) is 8.05. The van der Waals surface area contributed by atoms with Crippen molar-refractivity contribution >= 4 is 34.7 Å². The molecule has 0 radical (unpaired) electrons. The molecule has 1 aromatic carbocycles. The smallest absolute Gasteiger partial charge is 0.244 e. The fourth-order valence-electron chi connectivity index (χ4n) is 3.64. The number of carbonyl (C=O) groups is 1. The van der Waals surface area contributed by atoms with Crippen molar-refractivity contribution in [1.82, 2.24) is 5.43 Å². The first kappa shape index (κ1) is 14.0. The highest BCUT2D eigenvalue weighted by Crippen LogP contribution is 2.66. The number of rotatable bonds is 3. The van der Waals surface area contributed by atoms with Crippen LogP contribution in [0.5, 0.6) is 0 Å². The Kier molecular flexibility index (Phi) is 3.84. The van der Waals surface area contributed by atoms with Crippen LogP contribution in [0.3, 0.4) is 0 Å². The monoisotopic (exact) mass is 382 g/mol. The summed E-state index contributed by atoms with van der Waals surface area (Å²) < 4.78 is 1.19. The number of fused-ring (bicyclic) bond motifs is 1. The van der Waals surface area contributed by atoms with Crippen molar-refractivity contribution in [2.75, 3.05) is 0 Å². The molecule has 106 valence electrons. The molecule has 0 spiro atoms. The molecule has 1 N–H and O–H groups in total. The van der Waals surface area contributed by atoms with Crippen molar-refractivity contribution in [3.05, 3.63) is 33.4 Å². The van der Waals surface area contributed by atoms with Crippen LogP contribution in [0.4, 0.5) is 0 Å². The van der Waals surface area contributed by atoms with Crippen LogP contribution in [0.25, 0.3) is 0 Å². The quantitative estimate of drug-likeness (QED) is 0.485. The normalized spacial score (nSPS) is 31.9. The van der Waals surface area contributed by atoms with E-state index in [9.17, 15) is 4.79 Å². The van der Waals surface area contributed by atoms with Crippen molar-refractivity contribution in [3.8, 4) is 0 Å². The molecule has 3 atom stereocenters. The molecule has 20 heavy (non-hydrogen) atoms. The second-order valence-corrected chi connectivity index (χ2v) is 7.37. The molecule has 1 aromatic rings.